The molecule has 0 aliphatic carbocycles. The van der Waals surface area contributed by atoms with E-state index in [1.807, 2.05) is 36.0 Å². The van der Waals surface area contributed by atoms with Gasteiger partial charge in [-0.15, -0.1) is 0 Å². The van der Waals surface area contributed by atoms with Crippen LogP contribution in [0.5, 0.6) is 0 Å². The number of anilines is 1. The first-order valence-corrected chi connectivity index (χ1v) is 5.73. The van der Waals surface area contributed by atoms with Gasteiger partial charge in [-0.1, -0.05) is 6.07 Å². The highest BCUT2D eigenvalue weighted by Gasteiger charge is 2.06. The van der Waals surface area contributed by atoms with Crippen molar-refractivity contribution >= 4 is 16.9 Å². The average molecular weight is 239 g/mol. The minimum atomic E-state index is 0.691. The van der Waals surface area contributed by atoms with Crippen molar-refractivity contribution in [3.63, 3.8) is 0 Å². The topological polar surface area (TPSA) is 55.6 Å². The molecule has 3 heterocycles. The first-order chi connectivity index (χ1) is 8.84. The Morgan fingerprint density at radius 1 is 1.22 bits per heavy atom. The summed E-state index contributed by atoms with van der Waals surface area (Å²) in [5.74, 6) is 0.803. The first kappa shape index (κ1) is 10.7. The van der Waals surface area contributed by atoms with Crippen molar-refractivity contribution in [2.45, 2.75) is 6.54 Å². The van der Waals surface area contributed by atoms with Crippen molar-refractivity contribution in [2.24, 2.45) is 7.05 Å². The molecule has 0 bridgehead atoms. The van der Waals surface area contributed by atoms with Crippen molar-refractivity contribution < 1.29 is 0 Å². The fraction of sp³-hybridized carbons (Fsp3) is 0.154. The summed E-state index contributed by atoms with van der Waals surface area (Å²) in [6, 6.07) is 5.90. The molecule has 0 saturated heterocycles. The quantitative estimate of drug-likeness (QED) is 0.759. The van der Waals surface area contributed by atoms with Gasteiger partial charge in [-0.2, -0.15) is 0 Å². The molecule has 90 valence electrons. The van der Waals surface area contributed by atoms with Gasteiger partial charge in [0.25, 0.3) is 0 Å². The molecule has 0 saturated carbocycles. The Morgan fingerprint density at radius 3 is 3.00 bits per heavy atom. The van der Waals surface area contributed by atoms with Crippen LogP contribution in [-0.2, 0) is 13.6 Å². The minimum absolute atomic E-state index is 0.691. The molecule has 0 spiro atoms. The van der Waals surface area contributed by atoms with Crippen molar-refractivity contribution in [2.75, 3.05) is 5.32 Å². The number of aromatic nitrogens is 4. The van der Waals surface area contributed by atoms with Gasteiger partial charge in [-0.05, 0) is 17.7 Å². The normalized spacial score (nSPS) is 10.7. The van der Waals surface area contributed by atoms with E-state index in [2.05, 4.69) is 20.3 Å². The Bertz CT molecular complexity index is 659. The number of hydrogen-bond donors (Lipinski definition) is 1. The highest BCUT2D eigenvalue weighted by molar-refractivity contribution is 5.85. The molecule has 0 aliphatic heterocycles. The van der Waals surface area contributed by atoms with Gasteiger partial charge in [-0.25, -0.2) is 9.97 Å². The maximum atomic E-state index is 4.35. The fourth-order valence-electron chi connectivity index (χ4n) is 1.88. The van der Waals surface area contributed by atoms with Crippen LogP contribution in [0.25, 0.3) is 11.0 Å². The molecule has 0 radical (unpaired) electrons. The predicted molar refractivity (Wildman–Crippen MR) is 70.1 cm³/mol. The lowest BCUT2D eigenvalue weighted by atomic mass is 10.3. The van der Waals surface area contributed by atoms with Gasteiger partial charge in [0.15, 0.2) is 5.82 Å². The molecule has 0 fully saturated rings. The zero-order chi connectivity index (χ0) is 12.4. The van der Waals surface area contributed by atoms with Gasteiger partial charge in [-0.3, -0.25) is 4.98 Å². The molecule has 0 aliphatic rings. The fourth-order valence-corrected chi connectivity index (χ4v) is 1.88. The Kier molecular flexibility index (Phi) is 2.64. The van der Waals surface area contributed by atoms with Gasteiger partial charge in [0.2, 0.25) is 0 Å². The highest BCUT2D eigenvalue weighted by Crippen LogP contribution is 2.18. The smallest absolute Gasteiger partial charge is 0.154 e. The molecular weight excluding hydrogens is 226 g/mol. The zero-order valence-electron chi connectivity index (χ0n) is 10.0. The van der Waals surface area contributed by atoms with Crippen LogP contribution in [0.15, 0.2) is 43.1 Å². The molecule has 5 nitrogen and oxygen atoms in total. The standard InChI is InChI=1S/C13H13N5/c1-18-9-17-12-11(18)4-6-15-13(12)16-8-10-3-2-5-14-7-10/h2-7,9H,8H2,1H3,(H,15,16). The largest absolute Gasteiger partial charge is 0.364 e. The van der Waals surface area contributed by atoms with E-state index in [-0.39, 0.29) is 0 Å². The van der Waals surface area contributed by atoms with Crippen molar-refractivity contribution in [1.29, 1.82) is 0 Å². The number of pyridine rings is 2. The summed E-state index contributed by atoms with van der Waals surface area (Å²) in [6.07, 6.45) is 7.18. The van der Waals surface area contributed by atoms with Crippen LogP contribution in [0.3, 0.4) is 0 Å². The number of nitrogens with zero attached hydrogens (tertiary/aromatic N) is 4. The van der Waals surface area contributed by atoms with E-state index in [1.54, 1.807) is 18.7 Å². The lowest BCUT2D eigenvalue weighted by Crippen LogP contribution is -2.02. The summed E-state index contributed by atoms with van der Waals surface area (Å²) < 4.78 is 1.98. The third-order valence-electron chi connectivity index (χ3n) is 2.83. The number of rotatable bonds is 3. The molecule has 5 heteroatoms. The predicted octanol–water partition coefficient (Wildman–Crippen LogP) is 1.98. The van der Waals surface area contributed by atoms with Gasteiger partial charge in [0.05, 0.1) is 11.8 Å². The summed E-state index contributed by atoms with van der Waals surface area (Å²) in [7, 11) is 1.97. The lowest BCUT2D eigenvalue weighted by molar-refractivity contribution is 0.947. The van der Waals surface area contributed by atoms with Gasteiger partial charge >= 0.3 is 0 Å². The van der Waals surface area contributed by atoms with Crippen LogP contribution in [0.4, 0.5) is 5.82 Å². The van der Waals surface area contributed by atoms with Crippen LogP contribution in [0.2, 0.25) is 0 Å². The monoisotopic (exact) mass is 239 g/mol. The lowest BCUT2D eigenvalue weighted by Gasteiger charge is -2.05. The number of imidazole rings is 1. The van der Waals surface area contributed by atoms with Crippen molar-refractivity contribution in [3.8, 4) is 0 Å². The summed E-state index contributed by atoms with van der Waals surface area (Å²) in [5.41, 5.74) is 3.08. The third kappa shape index (κ3) is 1.90. The molecular formula is C13H13N5. The Balaban J connectivity index is 1.87. The van der Waals surface area contributed by atoms with Crippen LogP contribution in [0.1, 0.15) is 5.56 Å². The molecule has 3 aromatic rings. The van der Waals surface area contributed by atoms with Gasteiger partial charge in [0, 0.05) is 32.2 Å². The van der Waals surface area contributed by atoms with E-state index in [9.17, 15) is 0 Å². The molecule has 0 atom stereocenters. The second-order valence-corrected chi connectivity index (χ2v) is 4.10. The SMILES string of the molecule is Cn1cnc2c(NCc3cccnc3)nccc21. The van der Waals surface area contributed by atoms with E-state index < -0.39 is 0 Å². The molecule has 0 amide bonds. The van der Waals surface area contributed by atoms with Gasteiger partial charge in [0.1, 0.15) is 5.52 Å². The van der Waals surface area contributed by atoms with E-state index in [4.69, 9.17) is 0 Å². The minimum Gasteiger partial charge on any atom is -0.364 e. The Labute approximate surface area is 105 Å². The molecule has 18 heavy (non-hydrogen) atoms. The number of hydrogen-bond acceptors (Lipinski definition) is 4. The van der Waals surface area contributed by atoms with E-state index in [0.29, 0.717) is 6.54 Å². The maximum absolute atomic E-state index is 4.35. The highest BCUT2D eigenvalue weighted by atomic mass is 15.1. The Morgan fingerprint density at radius 2 is 2.17 bits per heavy atom. The molecule has 3 aromatic heterocycles. The molecule has 1 N–H and O–H groups in total. The van der Waals surface area contributed by atoms with Crippen LogP contribution in [0, 0.1) is 0 Å². The van der Waals surface area contributed by atoms with E-state index >= 15 is 0 Å². The van der Waals surface area contributed by atoms with E-state index in [0.717, 1.165) is 22.4 Å². The van der Waals surface area contributed by atoms with Crippen LogP contribution < -0.4 is 5.32 Å². The number of fused-ring (bicyclic) bond motifs is 1. The average Bonchev–Trinajstić information content (AvgIpc) is 2.80. The molecule has 0 aromatic carbocycles. The maximum Gasteiger partial charge on any atom is 0.154 e. The Hall–Kier alpha value is -2.43. The number of aryl methyl sites for hydroxylation is 1. The third-order valence-corrected chi connectivity index (χ3v) is 2.83. The van der Waals surface area contributed by atoms with Crippen LogP contribution >= 0.6 is 0 Å². The van der Waals surface area contributed by atoms with Crippen LogP contribution in [-0.4, -0.2) is 19.5 Å². The van der Waals surface area contributed by atoms with Crippen molar-refractivity contribution in [3.05, 3.63) is 48.7 Å². The van der Waals surface area contributed by atoms with E-state index in [1.165, 1.54) is 0 Å². The zero-order valence-corrected chi connectivity index (χ0v) is 10.0. The second kappa shape index (κ2) is 4.44. The number of nitrogens with one attached hydrogen (secondary N) is 1. The summed E-state index contributed by atoms with van der Waals surface area (Å²) >= 11 is 0. The summed E-state index contributed by atoms with van der Waals surface area (Å²) in [4.78, 5) is 12.8. The first-order valence-electron chi connectivity index (χ1n) is 5.73. The molecule has 0 unspecified atom stereocenters. The van der Waals surface area contributed by atoms with Crippen molar-refractivity contribution in [1.82, 2.24) is 19.5 Å². The summed E-state index contributed by atoms with van der Waals surface area (Å²) in [5, 5.41) is 3.29. The summed E-state index contributed by atoms with van der Waals surface area (Å²) in [6.45, 7) is 0.691. The molecule has 3 rings (SSSR count). The van der Waals surface area contributed by atoms with Gasteiger partial charge < -0.3 is 9.88 Å². The second-order valence-electron chi connectivity index (χ2n) is 4.10.